The highest BCUT2D eigenvalue weighted by atomic mass is 32.1. The van der Waals surface area contributed by atoms with Gasteiger partial charge in [-0.05, 0) is 187 Å². The van der Waals surface area contributed by atoms with E-state index < -0.39 is 103 Å². The van der Waals surface area contributed by atoms with E-state index in [-0.39, 0.29) is 65.3 Å². The lowest BCUT2D eigenvalue weighted by molar-refractivity contribution is 0.590. The van der Waals surface area contributed by atoms with Crippen molar-refractivity contribution in [1.82, 2.24) is 18.3 Å². The van der Waals surface area contributed by atoms with Crippen LogP contribution in [0.5, 0.6) is 0 Å². The van der Waals surface area contributed by atoms with E-state index in [9.17, 15) is 21.9 Å². The van der Waals surface area contributed by atoms with Gasteiger partial charge in [-0.1, -0.05) is 295 Å². The number of anilines is 6. The molecule has 0 N–H and O–H groups in total. The SMILES string of the molecule is [2H]c1c([2H])c([2H])c2c(c1[2H])c1c([2H])c([2H])c([2H])c([2H])c1n2-c1ccc2c(c1)N(c1c(-c3ccccc3)cccc1-c1ccccc1)c1cc(-n3c4ccc(C(C)(C)C)cc4c4cc(C(C)(C)C)ccc43)cc3c1C2c1ccc(-n2c4c([2H])c([2H])c([2H])c([2H])c4c4c([2H])c([2H])c([2H])c([2H])c42)cc1N3c1cccc2c1sc1c(-n3c4ccc(C(C)(C)C)cc4c4cc(C(C)(C)C)ccc43)cccc12. The highest BCUT2D eigenvalue weighted by molar-refractivity contribution is 7.26. The molecule has 0 spiro atoms. The number of fused-ring (bicyclic) bond motifs is 19. The van der Waals surface area contributed by atoms with Crippen LogP contribution in [0.2, 0.25) is 0 Å². The van der Waals surface area contributed by atoms with Crippen LogP contribution in [0.1, 0.15) is 150 Å². The summed E-state index contributed by atoms with van der Waals surface area (Å²) < 4.78 is 164. The lowest BCUT2D eigenvalue weighted by atomic mass is 9.75. The minimum atomic E-state index is -0.813. The summed E-state index contributed by atoms with van der Waals surface area (Å²) in [6, 6.07) is 75.5. The zero-order valence-corrected chi connectivity index (χ0v) is 69.5. The normalized spacial score (nSPS) is 15.8. The van der Waals surface area contributed by atoms with E-state index in [1.54, 1.807) is 20.5 Å². The van der Waals surface area contributed by atoms with E-state index in [1.165, 1.54) is 11.1 Å². The second kappa shape index (κ2) is 26.0. The Morgan fingerprint density at radius 2 is 0.600 bits per heavy atom. The first-order valence-electron chi connectivity index (χ1n) is 49.2. The second-order valence-corrected chi connectivity index (χ2v) is 37.5. The summed E-state index contributed by atoms with van der Waals surface area (Å²) in [5.41, 5.74) is 19.7. The van der Waals surface area contributed by atoms with Crippen molar-refractivity contribution in [3.63, 3.8) is 0 Å². The lowest BCUT2D eigenvalue weighted by Crippen LogP contribution is -2.30. The third-order valence-electron chi connectivity index (χ3n) is 25.3. The van der Waals surface area contributed by atoms with E-state index in [1.807, 2.05) is 72.8 Å². The number of hydrogen-bond donors (Lipinski definition) is 0. The number of nitrogens with zero attached hydrogens (tertiary/aromatic N) is 6. The summed E-state index contributed by atoms with van der Waals surface area (Å²) in [6.45, 7) is 26.9. The maximum atomic E-state index is 10.0. The molecular formula is C113H92N6S. The van der Waals surface area contributed by atoms with Gasteiger partial charge in [0.15, 0.2) is 0 Å². The fourth-order valence-corrected chi connectivity index (χ4v) is 20.6. The summed E-state index contributed by atoms with van der Waals surface area (Å²) >= 11 is 1.69. The van der Waals surface area contributed by atoms with Crippen LogP contribution in [-0.2, 0) is 21.7 Å². The first-order valence-corrected chi connectivity index (χ1v) is 42.0. The maximum Gasteiger partial charge on any atom is 0.0645 e. The zero-order valence-electron chi connectivity index (χ0n) is 84.7. The summed E-state index contributed by atoms with van der Waals surface area (Å²) in [5.74, 6) is -0.813. The number of aromatic nitrogens is 4. The average Bonchev–Trinajstić information content (AvgIpc) is 1.10. The van der Waals surface area contributed by atoms with Crippen LogP contribution in [0.25, 0.3) is 152 Å². The predicted octanol–water partition coefficient (Wildman–Crippen LogP) is 31.7. The van der Waals surface area contributed by atoms with Crippen LogP contribution in [-0.4, -0.2) is 18.3 Å². The molecule has 1 unspecified atom stereocenters. The largest absolute Gasteiger partial charge is 0.309 e. The van der Waals surface area contributed by atoms with Gasteiger partial charge in [0, 0.05) is 87.8 Å². The third-order valence-corrected chi connectivity index (χ3v) is 26.5. The predicted molar refractivity (Wildman–Crippen MR) is 513 cm³/mol. The Morgan fingerprint density at radius 3 is 1.01 bits per heavy atom. The lowest BCUT2D eigenvalue weighted by Gasteiger charge is -2.46. The van der Waals surface area contributed by atoms with Crippen molar-refractivity contribution in [3.8, 4) is 45.0 Å². The maximum absolute atomic E-state index is 10.0. The van der Waals surface area contributed by atoms with Gasteiger partial charge in [0.25, 0.3) is 0 Å². The molecular weight excluding hydrogens is 1470 g/mol. The Kier molecular flexibility index (Phi) is 12.3. The van der Waals surface area contributed by atoms with Crippen molar-refractivity contribution in [2.75, 3.05) is 9.80 Å². The molecule has 23 rings (SSSR count). The van der Waals surface area contributed by atoms with Crippen molar-refractivity contribution in [2.45, 2.75) is 111 Å². The van der Waals surface area contributed by atoms with Crippen LogP contribution >= 0.6 is 11.3 Å². The van der Waals surface area contributed by atoms with Crippen molar-refractivity contribution >= 4 is 153 Å². The molecule has 580 valence electrons. The quantitative estimate of drug-likeness (QED) is 0.152. The summed E-state index contributed by atoms with van der Waals surface area (Å²) in [4.78, 5) is 4.68. The van der Waals surface area contributed by atoms with Crippen LogP contribution in [0.3, 0.4) is 0 Å². The van der Waals surface area contributed by atoms with E-state index in [2.05, 4.69) is 266 Å². The number of benzene rings is 16. The minimum absolute atomic E-state index is 0.0541. The van der Waals surface area contributed by atoms with Gasteiger partial charge < -0.3 is 28.1 Å². The molecule has 120 heavy (non-hydrogen) atoms. The van der Waals surface area contributed by atoms with Crippen LogP contribution in [0.15, 0.2) is 333 Å². The molecule has 2 aliphatic rings. The smallest absolute Gasteiger partial charge is 0.0645 e. The van der Waals surface area contributed by atoms with Crippen molar-refractivity contribution in [1.29, 1.82) is 0 Å². The topological polar surface area (TPSA) is 26.2 Å². The van der Waals surface area contributed by atoms with Gasteiger partial charge in [-0.3, -0.25) is 0 Å². The molecule has 2 aliphatic heterocycles. The van der Waals surface area contributed by atoms with Crippen molar-refractivity contribution in [2.24, 2.45) is 0 Å². The molecule has 21 aromatic rings. The number of thiophene rings is 1. The number of para-hydroxylation sites is 5. The first-order chi connectivity index (χ1) is 64.7. The standard InChI is InChI=1S/C113H92N6S/c1-110(2,3)70-48-56-95-87(60-70)88-61-71(111(4,5)6)49-57-96(88)116(95)76-66-103-106-104(67-76)119(107-77(68-30-15-13-16-31-68)38-27-39-78(107)69-32-17-14-18-33-69)102-65-75(115-93-44-25-21-36-81(93)82-37-22-26-45-94(82)115)53-55-86(102)105(106)85-54-52-74(114-91-42-23-19-34-79(91)80-35-20-24-43-92(80)114)64-101(85)118(103)100-47-29-41-84-83-40-28-46-99(108(83)120-109(84)100)117-97-58-50-72(112(7,8)9)62-89(97)90-63-73(113(10,11)12)51-59-98(90)117/h13-67,105H,1-12H3/i19D,20D,21D,22D,23D,24D,25D,26D,34D,35D,36D,37D,42D,43D,44D,45D. The van der Waals surface area contributed by atoms with Crippen molar-refractivity contribution < 1.29 is 21.9 Å². The van der Waals surface area contributed by atoms with E-state index in [0.29, 0.717) is 34.1 Å². The molecule has 0 saturated heterocycles. The van der Waals surface area contributed by atoms with Crippen LogP contribution < -0.4 is 9.80 Å². The van der Waals surface area contributed by atoms with Gasteiger partial charge in [0.05, 0.1) is 121 Å². The Morgan fingerprint density at radius 1 is 0.258 bits per heavy atom. The number of rotatable bonds is 8. The Labute approximate surface area is 726 Å². The molecule has 5 aromatic heterocycles. The molecule has 1 atom stereocenters. The molecule has 0 amide bonds. The highest BCUT2D eigenvalue weighted by Gasteiger charge is 2.44. The molecule has 0 fully saturated rings. The fraction of sp³-hybridized carbons (Fsp3) is 0.150. The molecule has 0 saturated carbocycles. The van der Waals surface area contributed by atoms with Gasteiger partial charge in [0.1, 0.15) is 0 Å². The van der Waals surface area contributed by atoms with Gasteiger partial charge in [0.2, 0.25) is 0 Å². The average molecular weight is 1580 g/mol. The van der Waals surface area contributed by atoms with Crippen LogP contribution in [0, 0.1) is 0 Å². The molecule has 0 aliphatic carbocycles. The van der Waals surface area contributed by atoms with E-state index in [4.69, 9.17) is 0 Å². The number of hydrogen-bond acceptors (Lipinski definition) is 3. The first kappa shape index (κ1) is 56.8. The monoisotopic (exact) mass is 1580 g/mol. The molecule has 7 heterocycles. The summed E-state index contributed by atoms with van der Waals surface area (Å²) in [5, 5.41) is 5.99. The van der Waals surface area contributed by atoms with Gasteiger partial charge >= 0.3 is 0 Å². The van der Waals surface area contributed by atoms with Crippen LogP contribution in [0.4, 0.5) is 34.1 Å². The van der Waals surface area contributed by atoms with Gasteiger partial charge in [-0.2, -0.15) is 0 Å². The Balaban J connectivity index is 0.921. The molecule has 6 nitrogen and oxygen atoms in total. The molecule has 16 aromatic carbocycles. The molecule has 0 bridgehead atoms. The van der Waals surface area contributed by atoms with E-state index >= 15 is 0 Å². The highest BCUT2D eigenvalue weighted by Crippen LogP contribution is 2.65. The minimum Gasteiger partial charge on any atom is -0.309 e. The summed E-state index contributed by atoms with van der Waals surface area (Å²) in [6.07, 6.45) is 0. The summed E-state index contributed by atoms with van der Waals surface area (Å²) in [7, 11) is 0. The molecule has 7 heteroatoms. The third kappa shape index (κ3) is 10.8. The zero-order chi connectivity index (χ0) is 95.2. The Hall–Kier alpha value is -13.5. The molecule has 0 radical (unpaired) electrons. The van der Waals surface area contributed by atoms with Crippen molar-refractivity contribution in [3.05, 3.63) is 372 Å². The Bertz CT molecular complexity index is 8580. The van der Waals surface area contributed by atoms with Gasteiger partial charge in [-0.25, -0.2) is 0 Å². The fourth-order valence-electron chi connectivity index (χ4n) is 19.3. The van der Waals surface area contributed by atoms with Gasteiger partial charge in [-0.15, -0.1) is 11.3 Å². The second-order valence-electron chi connectivity index (χ2n) is 36.5. The van der Waals surface area contributed by atoms with E-state index in [0.717, 1.165) is 137 Å².